The van der Waals surface area contributed by atoms with E-state index in [2.05, 4.69) is 10.0 Å². The molecule has 0 unspecified atom stereocenters. The molecule has 0 bridgehead atoms. The van der Waals surface area contributed by atoms with Gasteiger partial charge in [0.1, 0.15) is 0 Å². The third-order valence-corrected chi connectivity index (χ3v) is 5.80. The lowest BCUT2D eigenvalue weighted by molar-refractivity contribution is 0.102. The predicted octanol–water partition coefficient (Wildman–Crippen LogP) is 5.01. The first-order chi connectivity index (χ1) is 13.2. The summed E-state index contributed by atoms with van der Waals surface area (Å²) in [5, 5.41) is 3.33. The average molecular weight is 415 g/mol. The van der Waals surface area contributed by atoms with E-state index in [4.69, 9.17) is 11.6 Å². The topological polar surface area (TPSA) is 75.3 Å². The van der Waals surface area contributed by atoms with E-state index in [1.54, 1.807) is 49.4 Å². The van der Waals surface area contributed by atoms with E-state index >= 15 is 0 Å². The van der Waals surface area contributed by atoms with Crippen LogP contribution in [0.5, 0.6) is 0 Å². The maximum Gasteiger partial charge on any atom is 0.261 e. The first-order valence-corrected chi connectivity index (χ1v) is 10.4. The Hall–Kier alpha value is -2.83. The molecule has 0 aromatic heterocycles. The van der Waals surface area contributed by atoms with Crippen LogP contribution in [0.15, 0.2) is 71.6 Å². The van der Waals surface area contributed by atoms with Crippen molar-refractivity contribution in [3.8, 4) is 0 Å². The van der Waals surface area contributed by atoms with Gasteiger partial charge in [-0.15, -0.1) is 0 Å². The molecule has 2 N–H and O–H groups in total. The summed E-state index contributed by atoms with van der Waals surface area (Å²) in [6.45, 7) is 3.67. The van der Waals surface area contributed by atoms with E-state index < -0.39 is 10.0 Å². The number of halogens is 1. The Morgan fingerprint density at radius 1 is 0.893 bits per heavy atom. The Morgan fingerprint density at radius 3 is 2.14 bits per heavy atom. The second-order valence-corrected chi connectivity index (χ2v) is 8.53. The standard InChI is InChI=1S/C21H19ClN2O3S/c1-14-3-9-18(10-4-14)24-28(26,27)19-11-12-20(15(2)13-19)23-21(25)16-5-7-17(22)8-6-16/h3-13,24H,1-2H3,(H,23,25). The molecule has 0 fully saturated rings. The predicted molar refractivity (Wildman–Crippen MR) is 113 cm³/mol. The summed E-state index contributed by atoms with van der Waals surface area (Å²) in [5.74, 6) is -0.298. The maximum absolute atomic E-state index is 12.6. The van der Waals surface area contributed by atoms with Gasteiger partial charge in [-0.2, -0.15) is 0 Å². The highest BCUT2D eigenvalue weighted by Gasteiger charge is 2.16. The van der Waals surface area contributed by atoms with Gasteiger partial charge in [-0.3, -0.25) is 9.52 Å². The molecule has 3 aromatic carbocycles. The van der Waals surface area contributed by atoms with Crippen molar-refractivity contribution < 1.29 is 13.2 Å². The number of rotatable bonds is 5. The van der Waals surface area contributed by atoms with Crippen LogP contribution in [0, 0.1) is 13.8 Å². The highest BCUT2D eigenvalue weighted by Crippen LogP contribution is 2.23. The molecule has 1 amide bonds. The van der Waals surface area contributed by atoms with Gasteiger partial charge in [-0.1, -0.05) is 29.3 Å². The molecule has 0 spiro atoms. The van der Waals surface area contributed by atoms with E-state index in [0.29, 0.717) is 27.5 Å². The highest BCUT2D eigenvalue weighted by atomic mass is 35.5. The van der Waals surface area contributed by atoms with Gasteiger partial charge >= 0.3 is 0 Å². The van der Waals surface area contributed by atoms with Crippen LogP contribution in [0.3, 0.4) is 0 Å². The molecular formula is C21H19ClN2O3S. The fourth-order valence-electron chi connectivity index (χ4n) is 2.57. The molecule has 0 aliphatic heterocycles. The number of hydrogen-bond acceptors (Lipinski definition) is 3. The molecule has 3 aromatic rings. The summed E-state index contributed by atoms with van der Waals surface area (Å²) in [5.41, 5.74) is 3.16. The van der Waals surface area contributed by atoms with E-state index in [9.17, 15) is 13.2 Å². The van der Waals surface area contributed by atoms with Crippen molar-refractivity contribution in [1.29, 1.82) is 0 Å². The number of aryl methyl sites for hydroxylation is 2. The molecule has 0 saturated carbocycles. The quantitative estimate of drug-likeness (QED) is 0.616. The van der Waals surface area contributed by atoms with Crippen molar-refractivity contribution in [2.24, 2.45) is 0 Å². The number of benzene rings is 3. The van der Waals surface area contributed by atoms with Crippen LogP contribution in [0.25, 0.3) is 0 Å². The molecule has 3 rings (SSSR count). The van der Waals surface area contributed by atoms with Gasteiger partial charge in [0.05, 0.1) is 4.90 Å². The van der Waals surface area contributed by atoms with Crippen molar-refractivity contribution in [3.05, 3.63) is 88.4 Å². The summed E-state index contributed by atoms with van der Waals surface area (Å²) in [7, 11) is -3.73. The molecule has 5 nitrogen and oxygen atoms in total. The minimum atomic E-state index is -3.73. The summed E-state index contributed by atoms with van der Waals surface area (Å²) >= 11 is 5.83. The number of carbonyl (C=O) groups is 1. The third kappa shape index (κ3) is 4.71. The van der Waals surface area contributed by atoms with Crippen LogP contribution in [0.1, 0.15) is 21.5 Å². The van der Waals surface area contributed by atoms with Crippen molar-refractivity contribution in [2.45, 2.75) is 18.7 Å². The van der Waals surface area contributed by atoms with Crippen LogP contribution in [-0.2, 0) is 10.0 Å². The minimum absolute atomic E-state index is 0.120. The zero-order valence-corrected chi connectivity index (χ0v) is 16.9. The van der Waals surface area contributed by atoms with Gasteiger partial charge < -0.3 is 5.32 Å². The Bertz CT molecular complexity index is 1110. The Balaban J connectivity index is 1.78. The van der Waals surface area contributed by atoms with Gasteiger partial charge in [0, 0.05) is 22.0 Å². The van der Waals surface area contributed by atoms with E-state index in [1.165, 1.54) is 12.1 Å². The molecule has 0 atom stereocenters. The molecule has 0 saturated heterocycles. The molecule has 28 heavy (non-hydrogen) atoms. The number of anilines is 2. The maximum atomic E-state index is 12.6. The molecule has 0 aliphatic carbocycles. The van der Waals surface area contributed by atoms with Crippen molar-refractivity contribution in [1.82, 2.24) is 0 Å². The second kappa shape index (κ2) is 8.04. The van der Waals surface area contributed by atoms with Crippen molar-refractivity contribution in [2.75, 3.05) is 10.0 Å². The smallest absolute Gasteiger partial charge is 0.261 e. The van der Waals surface area contributed by atoms with Crippen molar-refractivity contribution in [3.63, 3.8) is 0 Å². The number of hydrogen-bond donors (Lipinski definition) is 2. The van der Waals surface area contributed by atoms with E-state index in [1.807, 2.05) is 19.1 Å². The zero-order valence-electron chi connectivity index (χ0n) is 15.4. The summed E-state index contributed by atoms with van der Waals surface area (Å²) in [6, 6.07) is 18.2. The lowest BCUT2D eigenvalue weighted by Crippen LogP contribution is -2.15. The molecular weight excluding hydrogens is 396 g/mol. The molecule has 0 aliphatic rings. The summed E-state index contributed by atoms with van der Waals surface area (Å²) in [4.78, 5) is 12.5. The monoisotopic (exact) mass is 414 g/mol. The summed E-state index contributed by atoms with van der Waals surface area (Å²) < 4.78 is 27.8. The van der Waals surface area contributed by atoms with Crippen molar-refractivity contribution >= 4 is 38.9 Å². The fourth-order valence-corrected chi connectivity index (χ4v) is 3.84. The number of carbonyl (C=O) groups excluding carboxylic acids is 1. The van der Waals surface area contributed by atoms with Gasteiger partial charge in [-0.25, -0.2) is 8.42 Å². The van der Waals surface area contributed by atoms with Crippen LogP contribution in [0.2, 0.25) is 5.02 Å². The number of amides is 1. The van der Waals surface area contributed by atoms with Crippen LogP contribution >= 0.6 is 11.6 Å². The van der Waals surface area contributed by atoms with Crippen LogP contribution in [0.4, 0.5) is 11.4 Å². The normalized spacial score (nSPS) is 11.1. The largest absolute Gasteiger partial charge is 0.322 e. The molecule has 144 valence electrons. The first kappa shape index (κ1) is 19.9. The Morgan fingerprint density at radius 2 is 1.54 bits per heavy atom. The van der Waals surface area contributed by atoms with Gasteiger partial charge in [-0.05, 0) is 74.0 Å². The lowest BCUT2D eigenvalue weighted by atomic mass is 10.1. The Labute approximate surface area is 169 Å². The van der Waals surface area contributed by atoms with Gasteiger partial charge in [0.15, 0.2) is 0 Å². The minimum Gasteiger partial charge on any atom is -0.322 e. The fraction of sp³-hybridized carbons (Fsp3) is 0.0952. The number of sulfonamides is 1. The molecule has 0 radical (unpaired) electrons. The van der Waals surface area contributed by atoms with Crippen LogP contribution in [-0.4, -0.2) is 14.3 Å². The molecule has 0 heterocycles. The molecule has 7 heteroatoms. The third-order valence-electron chi connectivity index (χ3n) is 4.17. The SMILES string of the molecule is Cc1ccc(NS(=O)(=O)c2ccc(NC(=O)c3ccc(Cl)cc3)c(C)c2)cc1. The number of nitrogens with one attached hydrogen (secondary N) is 2. The van der Waals surface area contributed by atoms with Crippen LogP contribution < -0.4 is 10.0 Å². The first-order valence-electron chi connectivity index (χ1n) is 8.52. The van der Waals surface area contributed by atoms with Gasteiger partial charge in [0.2, 0.25) is 0 Å². The van der Waals surface area contributed by atoms with E-state index in [-0.39, 0.29) is 10.8 Å². The zero-order chi connectivity index (χ0) is 20.3. The van der Waals surface area contributed by atoms with Gasteiger partial charge in [0.25, 0.3) is 15.9 Å². The average Bonchev–Trinajstić information content (AvgIpc) is 2.65. The van der Waals surface area contributed by atoms with E-state index in [0.717, 1.165) is 5.56 Å². The highest BCUT2D eigenvalue weighted by molar-refractivity contribution is 7.92. The second-order valence-electron chi connectivity index (χ2n) is 6.41. The summed E-state index contributed by atoms with van der Waals surface area (Å²) in [6.07, 6.45) is 0. The Kier molecular flexibility index (Phi) is 5.72. The lowest BCUT2D eigenvalue weighted by Gasteiger charge is -2.12.